The lowest BCUT2D eigenvalue weighted by atomic mass is 9.83. The van der Waals surface area contributed by atoms with Gasteiger partial charge in [-0.05, 0) is 0 Å². The Morgan fingerprint density at radius 3 is 0.243 bits per heavy atom. The number of hydrogen-bond acceptors (Lipinski definition) is 4. The van der Waals surface area contributed by atoms with Gasteiger partial charge < -0.3 is 0 Å². The lowest BCUT2D eigenvalue weighted by Gasteiger charge is -2.46. The minimum Gasteiger partial charge on any atom is -0.287 e. The van der Waals surface area contributed by atoms with E-state index in [1.54, 1.807) is 0 Å². The largest absolute Gasteiger partial charge is 0.474 e. The molecule has 0 radical (unpaired) electrons. The van der Waals surface area contributed by atoms with E-state index < -0.39 is 296 Å². The smallest absolute Gasteiger partial charge is 0.287 e. The average Bonchev–Trinajstić information content (AvgIpc) is 0.679. The van der Waals surface area contributed by atoms with Crippen LogP contribution in [0.2, 0.25) is 0 Å². The molecule has 0 atom stereocenters. The summed E-state index contributed by atoms with van der Waals surface area (Å²) in [7, 11) is -9.02. The predicted octanol–water partition coefficient (Wildman–Crippen LogP) is 29.8. The summed E-state index contributed by atoms with van der Waals surface area (Å²) >= 11 is 0. The molecular weight excluding hydrogens is 2320 g/mol. The van der Waals surface area contributed by atoms with Crippen LogP contribution in [0.15, 0.2) is 0 Å². The highest BCUT2D eigenvalue weighted by atomic mass is 31.2. The number of halogens is 87. The van der Waals surface area contributed by atoms with Crippen molar-refractivity contribution in [2.75, 3.05) is 19.8 Å². The Morgan fingerprint density at radius 2 is 0.171 bits per heavy atom. The number of hydrogen-bond donors (Lipinski definition) is 0. The molecule has 0 aliphatic carbocycles. The van der Waals surface area contributed by atoms with E-state index in [1.165, 1.54) is 0 Å². The fourth-order valence-corrected chi connectivity index (χ4v) is 9.75. The third-order valence-electron chi connectivity index (χ3n) is 17.5. The lowest BCUT2D eigenvalue weighted by Crippen LogP contribution is -2.79. The lowest BCUT2D eigenvalue weighted by molar-refractivity contribution is -0.487. The highest BCUT2D eigenvalue weighted by molar-refractivity contribution is 7.48. The maximum absolute atomic E-state index is 14.8. The first-order valence-electron chi connectivity index (χ1n) is 30.3. The number of alkyl halides is 87. The second-order valence-corrected chi connectivity index (χ2v) is 28.2. The van der Waals surface area contributed by atoms with E-state index in [1.807, 2.05) is 0 Å². The van der Waals surface area contributed by atoms with Gasteiger partial charge in [-0.1, -0.05) is 0 Å². The van der Waals surface area contributed by atoms with Crippen molar-refractivity contribution in [1.29, 1.82) is 0 Å². The van der Waals surface area contributed by atoms with Gasteiger partial charge in [0.05, 0.1) is 19.8 Å². The summed E-state index contributed by atoms with van der Waals surface area (Å²) in [5.74, 6) is -400. The Morgan fingerprint density at radius 1 is 0.107 bits per heavy atom. The minimum atomic E-state index is -10.8. The van der Waals surface area contributed by atoms with Gasteiger partial charge in [-0.3, -0.25) is 13.6 Å². The van der Waals surface area contributed by atoms with Crippen molar-refractivity contribution in [3.8, 4) is 0 Å². The Bertz CT molecular complexity index is 3920. The molecule has 140 heavy (non-hydrogen) atoms. The van der Waals surface area contributed by atoms with Crippen LogP contribution in [0.3, 0.4) is 0 Å². The maximum Gasteiger partial charge on any atom is 0.474 e. The normalized spacial score (nSPS) is 17.4. The van der Waals surface area contributed by atoms with Crippen LogP contribution in [0.25, 0.3) is 0 Å². The van der Waals surface area contributed by atoms with Crippen molar-refractivity contribution >= 4 is 7.82 Å². The zero-order chi connectivity index (χ0) is 116. The maximum atomic E-state index is 14.8. The molecule has 0 saturated carbocycles. The van der Waals surface area contributed by atoms with Crippen molar-refractivity contribution in [3.05, 3.63) is 0 Å². The molecule has 92 heteroatoms. The van der Waals surface area contributed by atoms with E-state index in [4.69, 9.17) is 0 Å². The molecule has 0 bridgehead atoms. The van der Waals surface area contributed by atoms with Gasteiger partial charge in [-0.15, -0.1) is 0 Å². The Balaban J connectivity index is 9.02. The molecular formula is C48H12F87O4P. The highest BCUT2D eigenvalue weighted by Gasteiger charge is 3.07. The molecule has 0 aliphatic heterocycles. The fraction of sp³-hybridized carbons (Fsp3) is 1.00. The van der Waals surface area contributed by atoms with Gasteiger partial charge in [0.1, 0.15) is 0 Å². The van der Waals surface area contributed by atoms with Gasteiger partial charge >= 0.3 is 257 Å². The number of phosphoric ester groups is 1. The first kappa shape index (κ1) is 134. The molecule has 0 spiro atoms. The van der Waals surface area contributed by atoms with Gasteiger partial charge in [0.15, 0.2) is 0 Å². The summed E-state index contributed by atoms with van der Waals surface area (Å²) in [6.45, 7) is -13.9. The molecule has 4 nitrogen and oxygen atoms in total. The molecule has 0 rings (SSSR count). The molecule has 0 aliphatic rings. The molecule has 0 heterocycles. The van der Waals surface area contributed by atoms with Crippen LogP contribution in [-0.4, -0.2) is 269 Å². The van der Waals surface area contributed by atoms with E-state index in [0.29, 0.717) is 0 Å². The van der Waals surface area contributed by atoms with Crippen molar-refractivity contribution in [1.82, 2.24) is 0 Å². The average molecular weight is 2340 g/mol. The van der Waals surface area contributed by atoms with Crippen molar-refractivity contribution in [3.63, 3.8) is 0 Å². The summed E-state index contributed by atoms with van der Waals surface area (Å²) in [5, 5.41) is 0. The van der Waals surface area contributed by atoms with Crippen LogP contribution in [-0.2, 0) is 18.1 Å². The van der Waals surface area contributed by atoms with Crippen molar-refractivity contribution < 1.29 is 400 Å². The number of rotatable bonds is 48. The van der Waals surface area contributed by atoms with Crippen LogP contribution in [0.4, 0.5) is 382 Å². The van der Waals surface area contributed by atoms with E-state index in [-0.39, 0.29) is 0 Å². The quantitative estimate of drug-likeness (QED) is 0.0450. The summed E-state index contributed by atoms with van der Waals surface area (Å²) < 4.78 is 1240. The topological polar surface area (TPSA) is 44.8 Å². The van der Waals surface area contributed by atoms with Gasteiger partial charge in [0.25, 0.3) is 0 Å². The molecule has 0 unspecified atom stereocenters. The monoisotopic (exact) mass is 2340 g/mol. The Hall–Kier alpha value is -5.98. The second-order valence-electron chi connectivity index (χ2n) is 26.5. The Labute approximate surface area is 697 Å². The summed E-state index contributed by atoms with van der Waals surface area (Å²) in [5.41, 5.74) is 0. The molecule has 0 aromatic rings. The highest BCUT2D eigenvalue weighted by Crippen LogP contribution is 2.76. The SMILES string of the molecule is O=P(OCCC(F)(F)C(F)(F)C(F)(F)C(F)(F)C(F)(F)C(F)(F)C(F)(F)C(F)(F)C(F)(F)C(F)(F)C(F)(F)C(F)(F)C(F)(F)C(F)(F)F)(OCCC(F)(F)C(F)(F)C(F)(F)C(F)(F)C(F)(F)C(F)(F)C(F)(F)C(F)(F)C(F)(F)C(F)(F)C(F)(F)C(F)(F)C(F)(F)C(F)(F)F)OCCC(F)(F)C(F)(F)C(F)(F)C(F)(F)C(F)(F)C(F)(F)C(F)(F)C(F)(F)C(F)(F)C(F)(F)C(F)(F)C(F)(F)C(F)(F)C(F)(F)F. The molecule has 0 amide bonds. The zero-order valence-electron chi connectivity index (χ0n) is 60.2. The van der Waals surface area contributed by atoms with Gasteiger partial charge in [-0.25, -0.2) is 4.57 Å². The van der Waals surface area contributed by atoms with E-state index in [0.717, 1.165) is 0 Å². The summed E-state index contributed by atoms with van der Waals surface area (Å²) in [6, 6.07) is 0. The zero-order valence-corrected chi connectivity index (χ0v) is 61.1. The van der Waals surface area contributed by atoms with Crippen molar-refractivity contribution in [2.24, 2.45) is 0 Å². The molecule has 0 aromatic carbocycles. The standard InChI is InChI=1S/C48H12F87O4P/c49-7(50,10(55,56)13(61,62)16(67,68)19(73,74)22(79,80)25(85,86)28(91,92)31(97,98)34(103,104)37(109,110)40(115,116)43(121,122)46(127,128)129)1-4-137-140(136,138-5-2-8(51,52)11(57,58)14(63,64)17(69,70)20(75,76)23(81,82)26(87,88)29(93,94)32(99,100)35(105,106)38(111,112)41(117,118)44(123,124)47(130,131)132)139-6-3-9(53,54)12(59,60)15(65,66)18(71,72)21(77,78)24(83,84)27(89,90)30(95,96)33(101,102)36(107,108)39(113,114)42(119,120)45(125,126)48(133,134)135/h1-6H2. The second kappa shape index (κ2) is 34.0. The van der Waals surface area contributed by atoms with Crippen LogP contribution < -0.4 is 0 Å². The Kier molecular flexibility index (Phi) is 32.6. The molecule has 842 valence electrons. The third kappa shape index (κ3) is 16.6. The molecule has 0 aromatic heterocycles. The summed E-state index contributed by atoms with van der Waals surface area (Å²) in [4.78, 5) is 0. The van der Waals surface area contributed by atoms with Crippen LogP contribution >= 0.6 is 7.82 Å². The van der Waals surface area contributed by atoms with Gasteiger partial charge in [0.2, 0.25) is 0 Å². The van der Waals surface area contributed by atoms with Crippen molar-refractivity contribution in [2.45, 2.75) is 269 Å². The molecule has 0 N–H and O–H groups in total. The van der Waals surface area contributed by atoms with E-state index >= 15 is 0 Å². The van der Waals surface area contributed by atoms with Crippen LogP contribution in [0.5, 0.6) is 0 Å². The molecule has 0 saturated heterocycles. The van der Waals surface area contributed by atoms with Gasteiger partial charge in [-0.2, -0.15) is 382 Å². The first-order valence-corrected chi connectivity index (χ1v) is 31.8. The first-order chi connectivity index (χ1) is 58.9. The third-order valence-corrected chi connectivity index (χ3v) is 19.0. The van der Waals surface area contributed by atoms with Gasteiger partial charge in [0, 0.05) is 19.3 Å². The van der Waals surface area contributed by atoms with E-state index in [9.17, 15) is 387 Å². The molecule has 0 fully saturated rings. The predicted molar refractivity (Wildman–Crippen MR) is 250 cm³/mol. The fourth-order valence-electron chi connectivity index (χ4n) is 8.58. The number of phosphoric acid groups is 1. The van der Waals surface area contributed by atoms with E-state index in [2.05, 4.69) is 13.6 Å². The summed E-state index contributed by atoms with van der Waals surface area (Å²) in [6.07, 6.45) is -41.9. The van der Waals surface area contributed by atoms with Crippen LogP contribution in [0.1, 0.15) is 19.3 Å². The minimum absolute atomic E-state index is 2.58. The van der Waals surface area contributed by atoms with Crippen LogP contribution in [0, 0.1) is 0 Å².